The molecule has 0 saturated heterocycles. The zero-order valence-corrected chi connectivity index (χ0v) is 16.8. The lowest BCUT2D eigenvalue weighted by Gasteiger charge is -2.24. The van der Waals surface area contributed by atoms with Crippen LogP contribution in [0.3, 0.4) is 0 Å². The second-order valence-corrected chi connectivity index (χ2v) is 8.31. The number of rotatable bonds is 11. The molecule has 2 heterocycles. The maximum atomic E-state index is 5.88. The Morgan fingerprint density at radius 3 is 2.26 bits per heavy atom. The monoisotopic (exact) mass is 474 g/mol. The van der Waals surface area contributed by atoms with E-state index >= 15 is 0 Å². The molecule has 23 heavy (non-hydrogen) atoms. The van der Waals surface area contributed by atoms with Gasteiger partial charge in [0.2, 0.25) is 0 Å². The molecule has 1 atom stereocenters. The van der Waals surface area contributed by atoms with E-state index in [0.717, 1.165) is 19.1 Å². The largest absolute Gasteiger partial charge is 0.484 e. The lowest BCUT2D eigenvalue weighted by atomic mass is 10.3. The minimum absolute atomic E-state index is 0.113. The second kappa shape index (κ2) is 10.9. The molecular formula is C14H20Br2O6S. The minimum Gasteiger partial charge on any atom is -0.484 e. The van der Waals surface area contributed by atoms with E-state index in [1.165, 1.54) is 11.3 Å². The van der Waals surface area contributed by atoms with Crippen LogP contribution >= 0.6 is 43.2 Å². The molecule has 0 aliphatic carbocycles. The first-order chi connectivity index (χ1) is 11.2. The van der Waals surface area contributed by atoms with Gasteiger partial charge in [-0.3, -0.25) is 0 Å². The third kappa shape index (κ3) is 6.49. The average Bonchev–Trinajstić information content (AvgIpc) is 2.83. The van der Waals surface area contributed by atoms with Crippen molar-refractivity contribution in [3.05, 3.63) is 7.57 Å². The Bertz CT molecular complexity index is 470. The number of hydrogen-bond acceptors (Lipinski definition) is 7. The summed E-state index contributed by atoms with van der Waals surface area (Å²) >= 11 is 8.45. The van der Waals surface area contributed by atoms with Crippen LogP contribution in [0.25, 0.3) is 0 Å². The zero-order valence-electron chi connectivity index (χ0n) is 12.8. The molecule has 0 radical (unpaired) electrons. The Morgan fingerprint density at radius 1 is 0.957 bits per heavy atom. The highest BCUT2D eigenvalue weighted by Gasteiger charge is 2.27. The first kappa shape index (κ1) is 19.4. The molecule has 2 rings (SSSR count). The van der Waals surface area contributed by atoms with Gasteiger partial charge in [-0.25, -0.2) is 0 Å². The van der Waals surface area contributed by atoms with Gasteiger partial charge in [-0.2, -0.15) is 0 Å². The van der Waals surface area contributed by atoms with Gasteiger partial charge in [-0.15, -0.1) is 11.3 Å². The number of hydrogen-bond donors (Lipinski definition) is 0. The highest BCUT2D eigenvalue weighted by atomic mass is 79.9. The molecule has 0 spiro atoms. The first-order valence-electron chi connectivity index (χ1n) is 7.21. The predicted molar refractivity (Wildman–Crippen MR) is 94.0 cm³/mol. The van der Waals surface area contributed by atoms with Crippen LogP contribution in [0, 0.1) is 0 Å². The van der Waals surface area contributed by atoms with E-state index in [9.17, 15) is 0 Å². The third-order valence-corrected chi connectivity index (χ3v) is 5.34. The molecule has 1 aliphatic heterocycles. The summed E-state index contributed by atoms with van der Waals surface area (Å²) in [6.07, 6.45) is -0.113. The van der Waals surface area contributed by atoms with Crippen LogP contribution in [-0.2, 0) is 18.9 Å². The summed E-state index contributed by atoms with van der Waals surface area (Å²) in [4.78, 5) is 0. The summed E-state index contributed by atoms with van der Waals surface area (Å²) in [5.74, 6) is 1.50. The third-order valence-electron chi connectivity index (χ3n) is 2.92. The van der Waals surface area contributed by atoms with Gasteiger partial charge in [0.15, 0.2) is 17.6 Å². The molecule has 132 valence electrons. The quantitative estimate of drug-likeness (QED) is 0.458. The van der Waals surface area contributed by atoms with Crippen molar-refractivity contribution in [2.24, 2.45) is 0 Å². The molecule has 1 aromatic heterocycles. The van der Waals surface area contributed by atoms with Crippen molar-refractivity contribution in [2.75, 3.05) is 60.0 Å². The van der Waals surface area contributed by atoms with Crippen LogP contribution in [0.2, 0.25) is 0 Å². The van der Waals surface area contributed by atoms with E-state index in [1.54, 1.807) is 7.11 Å². The molecular weight excluding hydrogens is 456 g/mol. The first-order valence-corrected chi connectivity index (χ1v) is 9.62. The minimum atomic E-state index is -0.113. The van der Waals surface area contributed by atoms with Crippen LogP contribution in [0.15, 0.2) is 7.57 Å². The molecule has 6 nitrogen and oxygen atoms in total. The van der Waals surface area contributed by atoms with Crippen LogP contribution in [0.5, 0.6) is 11.5 Å². The van der Waals surface area contributed by atoms with E-state index in [4.69, 9.17) is 28.4 Å². The van der Waals surface area contributed by atoms with Crippen LogP contribution < -0.4 is 9.47 Å². The molecule has 0 fully saturated rings. The fourth-order valence-corrected chi connectivity index (χ4v) is 4.65. The lowest BCUT2D eigenvalue weighted by molar-refractivity contribution is -0.0234. The van der Waals surface area contributed by atoms with E-state index in [-0.39, 0.29) is 6.10 Å². The number of fused-ring (bicyclic) bond motifs is 1. The molecule has 9 heteroatoms. The van der Waals surface area contributed by atoms with Crippen molar-refractivity contribution < 1.29 is 28.4 Å². The summed E-state index contributed by atoms with van der Waals surface area (Å²) in [7, 11) is 1.65. The Hall–Kier alpha value is 0.1000. The summed E-state index contributed by atoms with van der Waals surface area (Å²) in [5, 5.41) is 0. The van der Waals surface area contributed by atoms with Crippen molar-refractivity contribution in [1.82, 2.24) is 0 Å². The number of ether oxygens (including phenoxy) is 6. The van der Waals surface area contributed by atoms with Crippen molar-refractivity contribution in [1.29, 1.82) is 0 Å². The standard InChI is InChI=1S/C14H20Br2O6S/c1-17-2-3-18-4-5-19-6-7-20-8-10-9-21-11-12(22-10)14(16)23-13(11)15/h10H,2-9H2,1H3. The average molecular weight is 476 g/mol. The Labute approximate surface area is 156 Å². The summed E-state index contributed by atoms with van der Waals surface area (Å²) in [5.41, 5.74) is 0. The smallest absolute Gasteiger partial charge is 0.188 e. The maximum absolute atomic E-state index is 5.88. The van der Waals surface area contributed by atoms with Gasteiger partial charge < -0.3 is 28.4 Å². The SMILES string of the molecule is COCCOCCOCCOCC1COc2c(Br)sc(Br)c2O1. The summed E-state index contributed by atoms with van der Waals surface area (Å²) in [6.45, 7) is 4.29. The van der Waals surface area contributed by atoms with E-state index in [2.05, 4.69) is 31.9 Å². The van der Waals surface area contributed by atoms with E-state index in [0.29, 0.717) is 52.9 Å². The molecule has 0 aromatic carbocycles. The van der Waals surface area contributed by atoms with Crippen LogP contribution in [-0.4, -0.2) is 66.1 Å². The normalized spacial score (nSPS) is 16.7. The molecule has 1 aromatic rings. The van der Waals surface area contributed by atoms with Gasteiger partial charge in [0.25, 0.3) is 0 Å². The Morgan fingerprint density at radius 2 is 1.57 bits per heavy atom. The Balaban J connectivity index is 1.50. The van der Waals surface area contributed by atoms with Crippen LogP contribution in [0.1, 0.15) is 0 Å². The van der Waals surface area contributed by atoms with Crippen LogP contribution in [0.4, 0.5) is 0 Å². The molecule has 0 N–H and O–H groups in total. The van der Waals surface area contributed by atoms with Gasteiger partial charge in [0, 0.05) is 7.11 Å². The molecule has 1 aliphatic rings. The molecule has 0 saturated carbocycles. The number of methoxy groups -OCH3 is 1. The van der Waals surface area contributed by atoms with Crippen molar-refractivity contribution >= 4 is 43.2 Å². The predicted octanol–water partition coefficient (Wildman–Crippen LogP) is 3.11. The van der Waals surface area contributed by atoms with Crippen molar-refractivity contribution in [3.63, 3.8) is 0 Å². The maximum Gasteiger partial charge on any atom is 0.188 e. The van der Waals surface area contributed by atoms with Gasteiger partial charge in [-0.05, 0) is 31.9 Å². The van der Waals surface area contributed by atoms with Crippen molar-refractivity contribution in [3.8, 4) is 11.5 Å². The topological polar surface area (TPSA) is 55.4 Å². The fourth-order valence-electron chi connectivity index (χ4n) is 1.83. The van der Waals surface area contributed by atoms with Gasteiger partial charge >= 0.3 is 0 Å². The number of thiophene rings is 1. The van der Waals surface area contributed by atoms with Gasteiger partial charge in [0.1, 0.15) is 14.2 Å². The summed E-state index contributed by atoms with van der Waals surface area (Å²) in [6, 6.07) is 0. The van der Waals surface area contributed by atoms with Gasteiger partial charge in [0.05, 0.1) is 46.2 Å². The second-order valence-electron chi connectivity index (χ2n) is 4.65. The van der Waals surface area contributed by atoms with Gasteiger partial charge in [-0.1, -0.05) is 0 Å². The number of halogens is 2. The Kier molecular flexibility index (Phi) is 9.17. The van der Waals surface area contributed by atoms with E-state index < -0.39 is 0 Å². The molecule has 0 amide bonds. The van der Waals surface area contributed by atoms with Crippen molar-refractivity contribution in [2.45, 2.75) is 6.10 Å². The highest BCUT2D eigenvalue weighted by molar-refractivity contribution is 9.12. The van der Waals surface area contributed by atoms with E-state index in [1.807, 2.05) is 0 Å². The summed E-state index contributed by atoms with van der Waals surface area (Å²) < 4.78 is 34.6. The molecule has 0 bridgehead atoms. The molecule has 1 unspecified atom stereocenters. The zero-order chi connectivity index (χ0) is 16.5. The fraction of sp³-hybridized carbons (Fsp3) is 0.714. The lowest BCUT2D eigenvalue weighted by Crippen LogP contribution is -2.33. The highest BCUT2D eigenvalue weighted by Crippen LogP contribution is 2.50.